The lowest BCUT2D eigenvalue weighted by Gasteiger charge is -2.06. The van der Waals surface area contributed by atoms with Crippen LogP contribution in [-0.4, -0.2) is 27.2 Å². The first-order valence-electron chi connectivity index (χ1n) is 6.50. The second-order valence-corrected chi connectivity index (χ2v) is 5.34. The number of hydrogen-bond donors (Lipinski definition) is 1. The zero-order valence-electron chi connectivity index (χ0n) is 11.5. The van der Waals surface area contributed by atoms with Crippen LogP contribution in [0.25, 0.3) is 11.4 Å². The Labute approximate surface area is 125 Å². The lowest BCUT2D eigenvalue weighted by Crippen LogP contribution is -2.11. The summed E-state index contributed by atoms with van der Waals surface area (Å²) >= 11 is 1.54. The van der Waals surface area contributed by atoms with Crippen LogP contribution < -0.4 is 10.6 Å². The minimum Gasteiger partial charge on any atom is -0.435 e. The Bertz CT molecular complexity index is 574. The minimum atomic E-state index is -2.84. The molecule has 0 saturated heterocycles. The molecule has 8 heteroatoms. The molecule has 0 aliphatic rings. The maximum absolute atomic E-state index is 12.1. The van der Waals surface area contributed by atoms with E-state index in [-0.39, 0.29) is 5.75 Å². The second-order valence-electron chi connectivity index (χ2n) is 4.28. The van der Waals surface area contributed by atoms with Crippen molar-refractivity contribution in [1.82, 2.24) is 14.9 Å². The largest absolute Gasteiger partial charge is 0.435 e. The van der Waals surface area contributed by atoms with Crippen molar-refractivity contribution in [3.8, 4) is 17.1 Å². The first kappa shape index (κ1) is 15.6. The summed E-state index contributed by atoms with van der Waals surface area (Å²) in [5.41, 5.74) is 0.689. The first-order valence-corrected chi connectivity index (χ1v) is 7.49. The molecule has 21 heavy (non-hydrogen) atoms. The number of nitrogens with two attached hydrogens (primary N) is 1. The number of ether oxygens (including phenoxy) is 1. The molecule has 0 fully saturated rings. The number of aromatic nitrogens is 3. The Kier molecular flexibility index (Phi) is 5.38. The number of nitrogen functional groups attached to an aromatic ring is 1. The monoisotopic (exact) mass is 314 g/mol. The number of nitrogens with zero attached hydrogens (tertiary/aromatic N) is 3. The zero-order valence-corrected chi connectivity index (χ0v) is 12.3. The molecular weight excluding hydrogens is 298 g/mol. The van der Waals surface area contributed by atoms with Crippen molar-refractivity contribution in [2.75, 3.05) is 11.6 Å². The van der Waals surface area contributed by atoms with Gasteiger partial charge in [0.2, 0.25) is 5.16 Å². The fourth-order valence-corrected chi connectivity index (χ4v) is 2.61. The van der Waals surface area contributed by atoms with Crippen molar-refractivity contribution >= 4 is 11.8 Å². The highest BCUT2D eigenvalue weighted by Crippen LogP contribution is 2.24. The molecule has 0 atom stereocenters. The molecule has 2 aromatic rings. The highest BCUT2D eigenvalue weighted by molar-refractivity contribution is 7.99. The molecule has 1 heterocycles. The van der Waals surface area contributed by atoms with E-state index in [1.165, 1.54) is 28.6 Å². The normalized spacial score (nSPS) is 11.0. The van der Waals surface area contributed by atoms with Gasteiger partial charge in [-0.05, 0) is 30.7 Å². The molecule has 0 bridgehead atoms. The fourth-order valence-electron chi connectivity index (χ4n) is 1.67. The molecule has 1 aromatic heterocycles. The van der Waals surface area contributed by atoms with Crippen LogP contribution in [0.1, 0.15) is 19.8 Å². The van der Waals surface area contributed by atoms with Gasteiger partial charge in [-0.2, -0.15) is 8.78 Å². The SMILES string of the molecule is CCCCSc1nnc(-c2ccc(OC(F)F)cc2)n1N. The molecule has 0 saturated carbocycles. The molecule has 114 valence electrons. The Balaban J connectivity index is 2.11. The van der Waals surface area contributed by atoms with Crippen LogP contribution in [0.4, 0.5) is 8.78 Å². The van der Waals surface area contributed by atoms with E-state index in [4.69, 9.17) is 5.84 Å². The number of hydrogen-bond acceptors (Lipinski definition) is 5. The quantitative estimate of drug-likeness (QED) is 0.483. The third-order valence-corrected chi connectivity index (χ3v) is 3.76. The van der Waals surface area contributed by atoms with E-state index < -0.39 is 6.61 Å². The van der Waals surface area contributed by atoms with Crippen LogP contribution in [0, 0.1) is 0 Å². The Morgan fingerprint density at radius 3 is 2.62 bits per heavy atom. The summed E-state index contributed by atoms with van der Waals surface area (Å²) < 4.78 is 29.9. The van der Waals surface area contributed by atoms with Crippen LogP contribution >= 0.6 is 11.8 Å². The molecule has 0 amide bonds. The van der Waals surface area contributed by atoms with E-state index in [0.717, 1.165) is 18.6 Å². The summed E-state index contributed by atoms with van der Waals surface area (Å²) in [7, 11) is 0. The number of thioether (sulfide) groups is 1. The number of unbranched alkanes of at least 4 members (excludes halogenated alkanes) is 1. The maximum Gasteiger partial charge on any atom is 0.387 e. The van der Waals surface area contributed by atoms with Crippen molar-refractivity contribution in [1.29, 1.82) is 0 Å². The van der Waals surface area contributed by atoms with Gasteiger partial charge in [0.1, 0.15) is 5.75 Å². The summed E-state index contributed by atoms with van der Waals surface area (Å²) in [6.07, 6.45) is 2.18. The Morgan fingerprint density at radius 2 is 2.00 bits per heavy atom. The average molecular weight is 314 g/mol. The molecule has 5 nitrogen and oxygen atoms in total. The molecule has 2 rings (SSSR count). The van der Waals surface area contributed by atoms with Gasteiger partial charge in [-0.15, -0.1) is 10.2 Å². The zero-order chi connectivity index (χ0) is 15.2. The van der Waals surface area contributed by atoms with Gasteiger partial charge in [0, 0.05) is 11.3 Å². The third kappa shape index (κ3) is 4.07. The van der Waals surface area contributed by atoms with Crippen molar-refractivity contribution in [3.05, 3.63) is 24.3 Å². The van der Waals surface area contributed by atoms with Gasteiger partial charge in [-0.25, -0.2) is 4.68 Å². The molecule has 0 aliphatic carbocycles. The number of halogens is 2. The van der Waals surface area contributed by atoms with Gasteiger partial charge >= 0.3 is 6.61 Å². The first-order chi connectivity index (χ1) is 10.1. The van der Waals surface area contributed by atoms with E-state index in [0.29, 0.717) is 16.5 Å². The standard InChI is InChI=1S/C13H16F2N4OS/c1-2-3-8-21-13-18-17-11(19(13)16)9-4-6-10(7-5-9)20-12(14)15/h4-7,12H,2-3,8,16H2,1H3. The smallest absolute Gasteiger partial charge is 0.387 e. The lowest BCUT2D eigenvalue weighted by atomic mass is 10.2. The van der Waals surface area contributed by atoms with E-state index in [1.54, 1.807) is 12.1 Å². The van der Waals surface area contributed by atoms with Crippen LogP contribution in [-0.2, 0) is 0 Å². The average Bonchev–Trinajstić information content (AvgIpc) is 2.81. The highest BCUT2D eigenvalue weighted by atomic mass is 32.2. The predicted octanol–water partition coefficient (Wildman–Crippen LogP) is 3.15. The van der Waals surface area contributed by atoms with Crippen LogP contribution in [0.5, 0.6) is 5.75 Å². The maximum atomic E-state index is 12.1. The van der Waals surface area contributed by atoms with Gasteiger partial charge in [0.15, 0.2) is 5.82 Å². The van der Waals surface area contributed by atoms with Crippen LogP contribution in [0.3, 0.4) is 0 Å². The van der Waals surface area contributed by atoms with Crippen molar-refractivity contribution < 1.29 is 13.5 Å². The second kappa shape index (κ2) is 7.26. The summed E-state index contributed by atoms with van der Waals surface area (Å²) in [6.45, 7) is -0.724. The Morgan fingerprint density at radius 1 is 1.29 bits per heavy atom. The highest BCUT2D eigenvalue weighted by Gasteiger charge is 2.12. The van der Waals surface area contributed by atoms with Crippen molar-refractivity contribution in [3.63, 3.8) is 0 Å². The predicted molar refractivity (Wildman–Crippen MR) is 77.9 cm³/mol. The molecule has 0 unspecified atom stereocenters. The van der Waals surface area contributed by atoms with Crippen molar-refractivity contribution in [2.24, 2.45) is 0 Å². The van der Waals surface area contributed by atoms with Gasteiger partial charge in [-0.3, -0.25) is 0 Å². The van der Waals surface area contributed by atoms with Crippen LogP contribution in [0.15, 0.2) is 29.4 Å². The summed E-state index contributed by atoms with van der Waals surface area (Å²) in [5, 5.41) is 8.70. The molecule has 0 radical (unpaired) electrons. The van der Waals surface area contributed by atoms with Gasteiger partial charge < -0.3 is 10.6 Å². The summed E-state index contributed by atoms with van der Waals surface area (Å²) in [6, 6.07) is 6.12. The Hall–Kier alpha value is -1.83. The van der Waals surface area contributed by atoms with Gasteiger partial charge in [0.25, 0.3) is 0 Å². The van der Waals surface area contributed by atoms with Crippen molar-refractivity contribution in [2.45, 2.75) is 31.5 Å². The third-order valence-electron chi connectivity index (χ3n) is 2.73. The van der Waals surface area contributed by atoms with Crippen LogP contribution in [0.2, 0.25) is 0 Å². The number of benzene rings is 1. The van der Waals surface area contributed by atoms with E-state index in [1.807, 2.05) is 0 Å². The molecule has 1 aromatic carbocycles. The molecule has 0 spiro atoms. The van der Waals surface area contributed by atoms with Gasteiger partial charge in [-0.1, -0.05) is 25.1 Å². The number of alkyl halides is 2. The summed E-state index contributed by atoms with van der Waals surface area (Å²) in [5.74, 6) is 7.46. The topological polar surface area (TPSA) is 66.0 Å². The minimum absolute atomic E-state index is 0.0920. The number of rotatable bonds is 7. The molecular formula is C13H16F2N4OS. The van der Waals surface area contributed by atoms with Gasteiger partial charge in [0.05, 0.1) is 0 Å². The molecule has 2 N–H and O–H groups in total. The lowest BCUT2D eigenvalue weighted by molar-refractivity contribution is -0.0498. The van der Waals surface area contributed by atoms with E-state index in [9.17, 15) is 8.78 Å². The van der Waals surface area contributed by atoms with E-state index >= 15 is 0 Å². The van der Waals surface area contributed by atoms with E-state index in [2.05, 4.69) is 21.9 Å². The summed E-state index contributed by atoms with van der Waals surface area (Å²) in [4.78, 5) is 0. The fraction of sp³-hybridized carbons (Fsp3) is 0.385. The molecule has 0 aliphatic heterocycles.